The Morgan fingerprint density at radius 2 is 1.57 bits per heavy atom. The number of likely N-dealkylation sites (tertiary alicyclic amines) is 2. The van der Waals surface area contributed by atoms with Gasteiger partial charge in [-0.15, -0.1) is 6.58 Å². The first-order valence-corrected chi connectivity index (χ1v) is 21.0. The smallest absolute Gasteiger partial charge is 0.246 e. The highest BCUT2D eigenvalue weighted by atomic mass is 16.3. The fourth-order valence-corrected chi connectivity index (χ4v) is 11.6. The molecular weight excluding hydrogens is 665 g/mol. The normalized spacial score (nSPS) is 33.2. The average Bonchev–Trinajstić information content (AvgIpc) is 3.81. The number of carbonyl (C=O) groups is 3. The average molecular weight is 735 g/mol. The van der Waals surface area contributed by atoms with Gasteiger partial charge in [-0.05, 0) is 99.5 Å². The fraction of sp³-hybridized carbons (Fsp3) is 0.814. The molecule has 2 spiro atoms. The molecule has 296 valence electrons. The van der Waals surface area contributed by atoms with E-state index in [4.69, 9.17) is 5.73 Å². The van der Waals surface area contributed by atoms with Crippen molar-refractivity contribution < 1.29 is 19.5 Å². The second-order valence-corrected chi connectivity index (χ2v) is 19.4. The van der Waals surface area contributed by atoms with Crippen LogP contribution in [0.2, 0.25) is 0 Å². The first kappa shape index (κ1) is 39.8. The topological polar surface area (TPSA) is 140 Å². The molecule has 2 unspecified atom stereocenters. The summed E-state index contributed by atoms with van der Waals surface area (Å²) in [6.45, 7) is 21.3. The summed E-state index contributed by atoms with van der Waals surface area (Å²) in [6, 6.07) is -1.20. The number of amides is 3. The lowest BCUT2D eigenvalue weighted by Crippen LogP contribution is -2.59. The molecule has 53 heavy (non-hydrogen) atoms. The van der Waals surface area contributed by atoms with E-state index in [-0.39, 0.29) is 51.6 Å². The number of nitrogens with one attached hydrogen (secondary N) is 2. The summed E-state index contributed by atoms with van der Waals surface area (Å²) < 4.78 is 0. The van der Waals surface area contributed by atoms with E-state index >= 15 is 0 Å². The molecule has 0 bridgehead atoms. The molecule has 2 aliphatic heterocycles. The molecule has 5 saturated carbocycles. The van der Waals surface area contributed by atoms with Gasteiger partial charge in [-0.3, -0.25) is 19.4 Å². The largest absolute Gasteiger partial charge is 0.510 e. The highest BCUT2D eigenvalue weighted by Crippen LogP contribution is 2.88. The molecule has 5 N–H and O–H groups in total. The van der Waals surface area contributed by atoms with E-state index < -0.39 is 29.1 Å². The van der Waals surface area contributed by atoms with Gasteiger partial charge in [-0.2, -0.15) is 0 Å². The third kappa shape index (κ3) is 6.97. The van der Waals surface area contributed by atoms with Crippen LogP contribution in [0.3, 0.4) is 0 Å². The Labute approximate surface area is 319 Å². The Hall–Kier alpha value is -2.88. The van der Waals surface area contributed by atoms with Crippen LogP contribution < -0.4 is 16.4 Å². The lowest BCUT2D eigenvalue weighted by molar-refractivity contribution is -0.143. The maximum atomic E-state index is 14.8. The van der Waals surface area contributed by atoms with Gasteiger partial charge < -0.3 is 31.3 Å². The fourth-order valence-electron chi connectivity index (χ4n) is 11.6. The number of fused-ring (bicyclic) bond motifs is 1. The molecule has 0 radical (unpaired) electrons. The van der Waals surface area contributed by atoms with Crippen LogP contribution in [-0.4, -0.2) is 88.3 Å². The minimum atomic E-state index is -0.937. The highest BCUT2D eigenvalue weighted by molar-refractivity contribution is 5.95. The van der Waals surface area contributed by atoms with Gasteiger partial charge in [0.25, 0.3) is 0 Å². The Balaban J connectivity index is 0.000000411. The molecule has 0 aromatic carbocycles. The van der Waals surface area contributed by atoms with Gasteiger partial charge in [-0.1, -0.05) is 85.8 Å². The number of rotatable bonds is 10. The zero-order valence-corrected chi connectivity index (χ0v) is 33.6. The molecule has 2 heterocycles. The molecule has 10 nitrogen and oxygen atoms in total. The van der Waals surface area contributed by atoms with Crippen molar-refractivity contribution in [3.05, 3.63) is 25.0 Å². The first-order valence-electron chi connectivity index (χ1n) is 21.0. The summed E-state index contributed by atoms with van der Waals surface area (Å²) in [6.07, 6.45) is 21.0. The Morgan fingerprint density at radius 3 is 2.04 bits per heavy atom. The Morgan fingerprint density at radius 1 is 0.925 bits per heavy atom. The van der Waals surface area contributed by atoms with E-state index in [1.54, 1.807) is 11.0 Å². The molecule has 7 aliphatic rings. The van der Waals surface area contributed by atoms with Gasteiger partial charge in [0, 0.05) is 23.9 Å². The van der Waals surface area contributed by atoms with Crippen LogP contribution in [0.25, 0.3) is 0 Å². The number of aliphatic imine (C=N–C) groups is 1. The van der Waals surface area contributed by atoms with E-state index in [2.05, 4.69) is 47.5 Å². The molecule has 7 rings (SSSR count). The lowest BCUT2D eigenvalue weighted by atomic mass is 9.73. The van der Waals surface area contributed by atoms with Crippen molar-refractivity contribution in [2.24, 2.45) is 44.2 Å². The first-order chi connectivity index (χ1) is 25.1. The summed E-state index contributed by atoms with van der Waals surface area (Å²) in [5, 5.41) is 16.7. The van der Waals surface area contributed by atoms with Crippen LogP contribution in [0.4, 0.5) is 0 Å². The van der Waals surface area contributed by atoms with Gasteiger partial charge in [0.05, 0.1) is 6.34 Å². The van der Waals surface area contributed by atoms with E-state index in [1.807, 2.05) is 20.8 Å². The summed E-state index contributed by atoms with van der Waals surface area (Å²) in [5.41, 5.74) is 4.18. The molecular formula is C43H70N6O4. The van der Waals surface area contributed by atoms with E-state index in [0.717, 1.165) is 57.3 Å². The van der Waals surface area contributed by atoms with Crippen LogP contribution in [-0.2, 0) is 14.4 Å². The molecule has 0 aromatic rings. The second kappa shape index (κ2) is 15.0. The van der Waals surface area contributed by atoms with Crippen molar-refractivity contribution in [2.45, 2.75) is 167 Å². The second-order valence-electron chi connectivity index (χ2n) is 19.4. The number of hydrogen-bond acceptors (Lipinski definition) is 6. The Bertz CT molecular complexity index is 1430. The number of carbonyl (C=O) groups excluding carboxylic acids is 3. The van der Waals surface area contributed by atoms with Crippen LogP contribution in [0.1, 0.15) is 137 Å². The highest BCUT2D eigenvalue weighted by Gasteiger charge is 2.85. The van der Waals surface area contributed by atoms with Crippen LogP contribution >= 0.6 is 0 Å². The number of hydrogen-bond donors (Lipinski definition) is 4. The van der Waals surface area contributed by atoms with Crippen molar-refractivity contribution in [1.29, 1.82) is 0 Å². The minimum Gasteiger partial charge on any atom is -0.510 e. The van der Waals surface area contributed by atoms with Gasteiger partial charge in [-0.25, -0.2) is 0 Å². The van der Waals surface area contributed by atoms with Crippen LogP contribution in [0, 0.1) is 33.5 Å². The summed E-state index contributed by atoms with van der Waals surface area (Å²) in [4.78, 5) is 51.4. The third-order valence-corrected chi connectivity index (χ3v) is 15.5. The molecule has 3 amide bonds. The number of aliphatic hydroxyl groups excluding tert-OH is 1. The molecule has 2 saturated heterocycles. The molecule has 7 fully saturated rings. The standard InChI is InChI=1S/C34H53N5O4.C9H17N/c1-8-23-17-34(23,21(2)40)38-27(41)24-18-33(31(6,7)32(33)15-12-16-32)19-39(24)29(43)25(22-13-10-9-11-14-22)37-28(42)26(36-20-35)30(3,4)5;1-2-7-10(8-3-1)9-5-4-6-9/h8,20,22-26,40H,1-2,9-19H2,3-7H3,(H2,35,36)(H,37,42)(H,38,41);9H,1-8H2/t23-,24+,25+,26?,33?,34+;/m1./s1. The van der Waals surface area contributed by atoms with Crippen LogP contribution in [0.5, 0.6) is 0 Å². The third-order valence-electron chi connectivity index (χ3n) is 15.5. The van der Waals surface area contributed by atoms with E-state index in [1.165, 1.54) is 58.0 Å². The maximum absolute atomic E-state index is 14.8. The zero-order chi connectivity index (χ0) is 38.4. The number of nitrogens with zero attached hydrogens (tertiary/aromatic N) is 3. The predicted molar refractivity (Wildman–Crippen MR) is 211 cm³/mol. The zero-order valence-electron chi connectivity index (χ0n) is 33.6. The molecule has 10 heteroatoms. The predicted octanol–water partition coefficient (Wildman–Crippen LogP) is 6.41. The monoisotopic (exact) mass is 735 g/mol. The van der Waals surface area contributed by atoms with Gasteiger partial charge in [0.2, 0.25) is 17.7 Å². The van der Waals surface area contributed by atoms with E-state index in [0.29, 0.717) is 19.4 Å². The SMILES string of the molecule is C1CCN(C2CCC2)CC1.C=C[C@@H]1C[C@]1(NC(=O)[C@@H]1CC2(CN1C(=O)[C@@H](NC(=O)C(N=CN)C(C)(C)C)C1CCCCC1)C(C)(C)C21CCC1)C(=C)O. The van der Waals surface area contributed by atoms with Crippen molar-refractivity contribution >= 4 is 24.1 Å². The summed E-state index contributed by atoms with van der Waals surface area (Å²) in [7, 11) is 0. The van der Waals surface area contributed by atoms with Gasteiger partial charge in [0.15, 0.2) is 0 Å². The minimum absolute atomic E-state index is 0.00403. The quantitative estimate of drug-likeness (QED) is 0.0886. The molecule has 6 atom stereocenters. The van der Waals surface area contributed by atoms with Crippen molar-refractivity contribution in [1.82, 2.24) is 20.4 Å². The van der Waals surface area contributed by atoms with Crippen molar-refractivity contribution in [2.75, 3.05) is 19.6 Å². The number of aliphatic hydroxyl groups is 1. The summed E-state index contributed by atoms with van der Waals surface area (Å²) >= 11 is 0. The van der Waals surface area contributed by atoms with Crippen molar-refractivity contribution in [3.8, 4) is 0 Å². The Kier molecular flexibility index (Phi) is 11.3. The molecule has 0 aromatic heterocycles. The molecule has 5 aliphatic carbocycles. The summed E-state index contributed by atoms with van der Waals surface area (Å²) in [5.74, 6) is -0.981. The number of piperidine rings is 1. The van der Waals surface area contributed by atoms with Gasteiger partial charge in [0.1, 0.15) is 29.4 Å². The van der Waals surface area contributed by atoms with Gasteiger partial charge >= 0.3 is 0 Å². The maximum Gasteiger partial charge on any atom is 0.246 e. The lowest BCUT2D eigenvalue weighted by Gasteiger charge is -2.39. The van der Waals surface area contributed by atoms with E-state index in [9.17, 15) is 19.5 Å². The van der Waals surface area contributed by atoms with Crippen LogP contribution in [0.15, 0.2) is 30.0 Å². The van der Waals surface area contributed by atoms with Crippen molar-refractivity contribution in [3.63, 3.8) is 0 Å². The number of nitrogens with two attached hydrogens (primary N) is 1.